The highest BCUT2D eigenvalue weighted by Crippen LogP contribution is 2.43. The fraction of sp³-hybridized carbons (Fsp3) is 0. The minimum absolute atomic E-state index is 0.657. The summed E-state index contributed by atoms with van der Waals surface area (Å²) in [5.41, 5.74) is 11.2. The molecule has 0 bridgehead atoms. The maximum absolute atomic E-state index is 5.12. The van der Waals surface area contributed by atoms with Crippen molar-refractivity contribution in [2.75, 3.05) is 0 Å². The second-order valence-electron chi connectivity index (χ2n) is 14.0. The number of rotatable bonds is 6. The van der Waals surface area contributed by atoms with Crippen molar-refractivity contribution in [2.24, 2.45) is 0 Å². The van der Waals surface area contributed by atoms with Crippen LogP contribution < -0.4 is 0 Å². The van der Waals surface area contributed by atoms with Gasteiger partial charge in [0.25, 0.3) is 0 Å². The molecule has 4 nitrogen and oxygen atoms in total. The zero-order chi connectivity index (χ0) is 37.0. The van der Waals surface area contributed by atoms with Crippen LogP contribution in [0.2, 0.25) is 0 Å². The molecular formula is C51H32N4S. The zero-order valence-corrected chi connectivity index (χ0v) is 31.0. The van der Waals surface area contributed by atoms with Crippen molar-refractivity contribution in [2.45, 2.75) is 0 Å². The van der Waals surface area contributed by atoms with E-state index in [2.05, 4.69) is 162 Å². The van der Waals surface area contributed by atoms with E-state index < -0.39 is 0 Å². The summed E-state index contributed by atoms with van der Waals surface area (Å²) in [7, 11) is 0. The lowest BCUT2D eigenvalue weighted by Crippen LogP contribution is -2.00. The van der Waals surface area contributed by atoms with Crippen LogP contribution in [0.5, 0.6) is 0 Å². The van der Waals surface area contributed by atoms with Crippen molar-refractivity contribution in [3.8, 4) is 62.1 Å². The predicted octanol–water partition coefficient (Wildman–Crippen LogP) is 13.7. The van der Waals surface area contributed by atoms with Gasteiger partial charge in [0.15, 0.2) is 17.5 Å². The van der Waals surface area contributed by atoms with Gasteiger partial charge in [-0.2, -0.15) is 0 Å². The lowest BCUT2D eigenvalue weighted by Gasteiger charge is -2.10. The van der Waals surface area contributed by atoms with E-state index in [4.69, 9.17) is 15.0 Å². The average Bonchev–Trinajstić information content (AvgIpc) is 3.82. The minimum Gasteiger partial charge on any atom is -0.309 e. The van der Waals surface area contributed by atoms with Gasteiger partial charge in [-0.1, -0.05) is 140 Å². The molecule has 3 heterocycles. The number of aromatic nitrogens is 4. The first-order chi connectivity index (χ1) is 27.7. The van der Waals surface area contributed by atoms with Gasteiger partial charge < -0.3 is 4.57 Å². The lowest BCUT2D eigenvalue weighted by molar-refractivity contribution is 1.08. The van der Waals surface area contributed by atoms with E-state index in [0.29, 0.717) is 17.5 Å². The number of para-hydroxylation sites is 1. The molecule has 262 valence electrons. The molecule has 56 heavy (non-hydrogen) atoms. The molecule has 0 saturated heterocycles. The van der Waals surface area contributed by atoms with Crippen molar-refractivity contribution in [3.63, 3.8) is 0 Å². The van der Waals surface area contributed by atoms with Crippen molar-refractivity contribution in [3.05, 3.63) is 194 Å². The predicted molar refractivity (Wildman–Crippen MR) is 234 cm³/mol. The molecule has 11 aromatic rings. The molecule has 3 aromatic heterocycles. The highest BCUT2D eigenvalue weighted by atomic mass is 32.1. The summed E-state index contributed by atoms with van der Waals surface area (Å²) >= 11 is 1.81. The molecule has 0 spiro atoms. The third kappa shape index (κ3) is 5.48. The van der Waals surface area contributed by atoms with E-state index in [1.165, 1.54) is 58.8 Å². The Balaban J connectivity index is 1.10. The molecule has 5 heteroatoms. The highest BCUT2D eigenvalue weighted by molar-refractivity contribution is 7.26. The molecule has 0 aliphatic rings. The number of nitrogens with zero attached hydrogens (tertiary/aromatic N) is 4. The maximum Gasteiger partial charge on any atom is 0.164 e. The summed E-state index contributed by atoms with van der Waals surface area (Å²) in [6, 6.07) is 68.7. The zero-order valence-electron chi connectivity index (χ0n) is 30.2. The Bertz CT molecular complexity index is 3170. The number of hydrogen-bond donors (Lipinski definition) is 0. The fourth-order valence-electron chi connectivity index (χ4n) is 7.99. The van der Waals surface area contributed by atoms with Crippen LogP contribution in [0.1, 0.15) is 0 Å². The third-order valence-corrected chi connectivity index (χ3v) is 11.8. The summed E-state index contributed by atoms with van der Waals surface area (Å²) in [5.74, 6) is 1.98. The molecule has 0 fully saturated rings. The Kier molecular flexibility index (Phi) is 7.64. The second-order valence-corrected chi connectivity index (χ2v) is 15.1. The fourth-order valence-corrected chi connectivity index (χ4v) is 9.10. The monoisotopic (exact) mass is 732 g/mol. The van der Waals surface area contributed by atoms with Gasteiger partial charge in [-0.05, 0) is 76.9 Å². The number of hydrogen-bond acceptors (Lipinski definition) is 4. The van der Waals surface area contributed by atoms with Crippen molar-refractivity contribution < 1.29 is 0 Å². The molecule has 0 N–H and O–H groups in total. The summed E-state index contributed by atoms with van der Waals surface area (Å²) in [6.45, 7) is 0. The SMILES string of the molecule is c1ccc(-c2ccc3c(c2)c2cc(-c4ccc5sc6cccc(-c7nc(-c8ccccc8)nc(-c8ccccc8)n7)c6c5c4)ccc2n3-c2ccccc2)cc1. The topological polar surface area (TPSA) is 43.6 Å². The lowest BCUT2D eigenvalue weighted by atomic mass is 9.98. The second kappa shape index (κ2) is 13.3. The molecule has 0 aliphatic heterocycles. The Hall–Kier alpha value is -7.21. The first-order valence-electron chi connectivity index (χ1n) is 18.8. The van der Waals surface area contributed by atoms with Crippen LogP contribution in [0.25, 0.3) is 104 Å². The number of fused-ring (bicyclic) bond motifs is 6. The third-order valence-electron chi connectivity index (χ3n) is 10.7. The van der Waals surface area contributed by atoms with E-state index >= 15 is 0 Å². The molecule has 8 aromatic carbocycles. The van der Waals surface area contributed by atoms with Gasteiger partial charge in [0.1, 0.15) is 0 Å². The van der Waals surface area contributed by atoms with Crippen molar-refractivity contribution in [1.29, 1.82) is 0 Å². The Morgan fingerprint density at radius 3 is 1.41 bits per heavy atom. The smallest absolute Gasteiger partial charge is 0.164 e. The van der Waals surface area contributed by atoms with Gasteiger partial charge in [0, 0.05) is 53.3 Å². The molecule has 0 radical (unpaired) electrons. The summed E-state index contributed by atoms with van der Waals surface area (Å²) < 4.78 is 4.81. The highest BCUT2D eigenvalue weighted by Gasteiger charge is 2.19. The summed E-state index contributed by atoms with van der Waals surface area (Å²) in [6.07, 6.45) is 0. The first kappa shape index (κ1) is 32.2. The van der Waals surface area contributed by atoms with Gasteiger partial charge in [0.2, 0.25) is 0 Å². The first-order valence-corrected chi connectivity index (χ1v) is 19.6. The Labute approximate surface area is 327 Å². The average molecular weight is 733 g/mol. The maximum atomic E-state index is 5.12. The van der Waals surface area contributed by atoms with Crippen LogP contribution in [0.15, 0.2) is 194 Å². The minimum atomic E-state index is 0.657. The molecular weight excluding hydrogens is 701 g/mol. The van der Waals surface area contributed by atoms with Crippen LogP contribution >= 0.6 is 11.3 Å². The molecule has 0 amide bonds. The van der Waals surface area contributed by atoms with Crippen LogP contribution in [-0.4, -0.2) is 19.5 Å². The van der Waals surface area contributed by atoms with E-state index in [9.17, 15) is 0 Å². The quantitative estimate of drug-likeness (QED) is 0.171. The van der Waals surface area contributed by atoms with Gasteiger partial charge in [-0.25, -0.2) is 15.0 Å². The van der Waals surface area contributed by atoms with Crippen molar-refractivity contribution in [1.82, 2.24) is 19.5 Å². The Morgan fingerprint density at radius 1 is 0.339 bits per heavy atom. The van der Waals surface area contributed by atoms with Crippen molar-refractivity contribution >= 4 is 53.3 Å². The molecule has 0 atom stereocenters. The molecule has 0 unspecified atom stereocenters. The molecule has 0 saturated carbocycles. The Morgan fingerprint density at radius 2 is 0.821 bits per heavy atom. The van der Waals surface area contributed by atoms with Crippen LogP contribution in [0.4, 0.5) is 0 Å². The van der Waals surface area contributed by atoms with Gasteiger partial charge in [-0.3, -0.25) is 0 Å². The van der Waals surface area contributed by atoms with Crippen LogP contribution in [0.3, 0.4) is 0 Å². The van der Waals surface area contributed by atoms with Crippen LogP contribution in [0, 0.1) is 0 Å². The molecule has 0 aliphatic carbocycles. The van der Waals surface area contributed by atoms with Gasteiger partial charge in [-0.15, -0.1) is 11.3 Å². The van der Waals surface area contributed by atoms with E-state index in [-0.39, 0.29) is 0 Å². The summed E-state index contributed by atoms with van der Waals surface area (Å²) in [5, 5.41) is 4.81. The number of thiophene rings is 1. The normalized spacial score (nSPS) is 11.6. The van der Waals surface area contributed by atoms with Gasteiger partial charge in [0.05, 0.1) is 11.0 Å². The van der Waals surface area contributed by atoms with E-state index in [0.717, 1.165) is 27.8 Å². The van der Waals surface area contributed by atoms with Gasteiger partial charge >= 0.3 is 0 Å². The number of benzene rings is 8. The van der Waals surface area contributed by atoms with E-state index in [1.807, 2.05) is 36.4 Å². The van der Waals surface area contributed by atoms with E-state index in [1.54, 1.807) is 11.3 Å². The standard InChI is InChI=1S/C51H32N4S/c1-5-14-33(15-6-1)36-24-27-44-41(30-36)42-31-37(25-28-45(42)55(44)39-20-11-4-12-21-39)38-26-29-46-43(32-38)48-40(22-13-23-47(48)56-46)51-53-49(34-16-7-2-8-17-34)52-50(54-51)35-18-9-3-10-19-35/h1-32H. The largest absolute Gasteiger partial charge is 0.309 e. The molecule has 11 rings (SSSR count). The van der Waals surface area contributed by atoms with Crippen LogP contribution in [-0.2, 0) is 0 Å². The summed E-state index contributed by atoms with van der Waals surface area (Å²) in [4.78, 5) is 15.2.